The van der Waals surface area contributed by atoms with E-state index in [1.807, 2.05) is 18.0 Å². The van der Waals surface area contributed by atoms with Gasteiger partial charge in [-0.1, -0.05) is 12.1 Å². The fourth-order valence-electron chi connectivity index (χ4n) is 2.34. The van der Waals surface area contributed by atoms with Crippen LogP contribution in [0.25, 0.3) is 0 Å². The van der Waals surface area contributed by atoms with Gasteiger partial charge >= 0.3 is 0 Å². The van der Waals surface area contributed by atoms with Crippen molar-refractivity contribution in [3.8, 4) is 0 Å². The summed E-state index contributed by atoms with van der Waals surface area (Å²) in [7, 11) is -1.25. The van der Waals surface area contributed by atoms with Crippen LogP contribution in [0.5, 0.6) is 0 Å². The molecule has 1 aliphatic heterocycles. The van der Waals surface area contributed by atoms with Crippen molar-refractivity contribution in [3.63, 3.8) is 0 Å². The van der Waals surface area contributed by atoms with Gasteiger partial charge in [-0.15, -0.1) is 0 Å². The molecule has 0 unspecified atom stereocenters. The zero-order chi connectivity index (χ0) is 16.2. The molecule has 1 aromatic rings. The second kappa shape index (κ2) is 7.11. The predicted octanol–water partition coefficient (Wildman–Crippen LogP) is 0.765. The molecule has 0 saturated carbocycles. The number of nitrogens with one attached hydrogen (secondary N) is 1. The van der Waals surface area contributed by atoms with Crippen molar-refractivity contribution < 1.29 is 13.2 Å². The molecule has 1 N–H and O–H groups in total. The first-order valence-electron chi connectivity index (χ1n) is 7.45. The van der Waals surface area contributed by atoms with Crippen LogP contribution in [0.4, 0.5) is 5.69 Å². The number of piperazine rings is 1. The van der Waals surface area contributed by atoms with Crippen LogP contribution in [-0.4, -0.2) is 63.1 Å². The maximum Gasteiger partial charge on any atom is 0.232 e. The lowest BCUT2D eigenvalue weighted by Gasteiger charge is -2.32. The van der Waals surface area contributed by atoms with E-state index in [2.05, 4.69) is 9.62 Å². The average molecular weight is 325 g/mol. The van der Waals surface area contributed by atoms with Gasteiger partial charge in [0.25, 0.3) is 0 Å². The van der Waals surface area contributed by atoms with Gasteiger partial charge in [0.1, 0.15) is 0 Å². The summed E-state index contributed by atoms with van der Waals surface area (Å²) in [6.45, 7) is 4.86. The van der Waals surface area contributed by atoms with Crippen LogP contribution < -0.4 is 4.72 Å². The number of sulfonamides is 1. The SMILES string of the molecule is CCS(=O)(=O)Nc1cccc(CC(=O)N2CCN(C)CC2)c1. The molecule has 0 radical (unpaired) electrons. The first kappa shape index (κ1) is 16.8. The van der Waals surface area contributed by atoms with Crippen LogP contribution in [-0.2, 0) is 21.2 Å². The normalized spacial score (nSPS) is 16.5. The van der Waals surface area contributed by atoms with Gasteiger partial charge in [0.15, 0.2) is 0 Å². The van der Waals surface area contributed by atoms with E-state index in [1.54, 1.807) is 25.1 Å². The molecule has 122 valence electrons. The number of amides is 1. The molecule has 1 saturated heterocycles. The number of carbonyl (C=O) groups is 1. The van der Waals surface area contributed by atoms with E-state index in [-0.39, 0.29) is 11.7 Å². The van der Waals surface area contributed by atoms with Gasteiger partial charge < -0.3 is 9.80 Å². The molecule has 7 heteroatoms. The number of anilines is 1. The van der Waals surface area contributed by atoms with Crippen molar-refractivity contribution in [2.45, 2.75) is 13.3 Å². The second-order valence-corrected chi connectivity index (χ2v) is 7.58. The van der Waals surface area contributed by atoms with Gasteiger partial charge in [0.2, 0.25) is 15.9 Å². The smallest absolute Gasteiger partial charge is 0.232 e. The molecular formula is C15H23N3O3S. The van der Waals surface area contributed by atoms with Crippen molar-refractivity contribution in [3.05, 3.63) is 29.8 Å². The fourth-order valence-corrected chi connectivity index (χ4v) is 2.97. The molecule has 0 aliphatic carbocycles. The molecule has 1 amide bonds. The first-order valence-corrected chi connectivity index (χ1v) is 9.10. The number of likely N-dealkylation sites (N-methyl/N-ethyl adjacent to an activating group) is 1. The minimum absolute atomic E-state index is 0.0253. The molecule has 1 aromatic carbocycles. The van der Waals surface area contributed by atoms with Crippen LogP contribution in [0, 0.1) is 0 Å². The Labute approximate surface area is 132 Å². The van der Waals surface area contributed by atoms with Crippen molar-refractivity contribution in [2.75, 3.05) is 43.7 Å². The quantitative estimate of drug-likeness (QED) is 0.868. The van der Waals surface area contributed by atoms with E-state index < -0.39 is 10.0 Å². The highest BCUT2D eigenvalue weighted by molar-refractivity contribution is 7.92. The number of hydrogen-bond donors (Lipinski definition) is 1. The number of hydrogen-bond acceptors (Lipinski definition) is 4. The van der Waals surface area contributed by atoms with Crippen molar-refractivity contribution in [1.82, 2.24) is 9.80 Å². The molecule has 2 rings (SSSR count). The molecule has 0 atom stereocenters. The van der Waals surface area contributed by atoms with Crippen LogP contribution in [0.1, 0.15) is 12.5 Å². The highest BCUT2D eigenvalue weighted by Gasteiger charge is 2.19. The Morgan fingerprint density at radius 2 is 1.91 bits per heavy atom. The van der Waals surface area contributed by atoms with E-state index in [1.165, 1.54) is 0 Å². The van der Waals surface area contributed by atoms with Gasteiger partial charge in [-0.2, -0.15) is 0 Å². The van der Waals surface area contributed by atoms with E-state index in [0.717, 1.165) is 31.7 Å². The van der Waals surface area contributed by atoms with Crippen LogP contribution in [0.15, 0.2) is 24.3 Å². The molecule has 1 aliphatic rings. The Bertz CT molecular complexity index is 623. The Hall–Kier alpha value is -1.60. The summed E-state index contributed by atoms with van der Waals surface area (Å²) in [5, 5.41) is 0. The fraction of sp³-hybridized carbons (Fsp3) is 0.533. The molecule has 0 aromatic heterocycles. The molecule has 0 bridgehead atoms. The number of rotatable bonds is 5. The monoisotopic (exact) mass is 325 g/mol. The summed E-state index contributed by atoms with van der Waals surface area (Å²) in [6, 6.07) is 7.02. The summed E-state index contributed by atoms with van der Waals surface area (Å²) in [5.74, 6) is 0.112. The highest BCUT2D eigenvalue weighted by Crippen LogP contribution is 2.14. The summed E-state index contributed by atoms with van der Waals surface area (Å²) < 4.78 is 25.7. The number of carbonyl (C=O) groups excluding carboxylic acids is 1. The van der Waals surface area contributed by atoms with Crippen LogP contribution in [0.3, 0.4) is 0 Å². The Morgan fingerprint density at radius 3 is 2.55 bits per heavy atom. The second-order valence-electron chi connectivity index (χ2n) is 5.57. The lowest BCUT2D eigenvalue weighted by Crippen LogP contribution is -2.47. The maximum absolute atomic E-state index is 12.3. The van der Waals surface area contributed by atoms with Crippen molar-refractivity contribution in [1.29, 1.82) is 0 Å². The van der Waals surface area contributed by atoms with E-state index >= 15 is 0 Å². The predicted molar refractivity (Wildman–Crippen MR) is 87.3 cm³/mol. The molecule has 1 heterocycles. The summed E-state index contributed by atoms with van der Waals surface area (Å²) >= 11 is 0. The zero-order valence-electron chi connectivity index (χ0n) is 13.1. The third-order valence-electron chi connectivity index (χ3n) is 3.79. The molecule has 0 spiro atoms. The molecule has 6 nitrogen and oxygen atoms in total. The largest absolute Gasteiger partial charge is 0.340 e. The minimum atomic E-state index is -3.30. The van der Waals surface area contributed by atoms with E-state index in [4.69, 9.17) is 0 Å². The topological polar surface area (TPSA) is 69.7 Å². The molecule has 1 fully saturated rings. The van der Waals surface area contributed by atoms with Crippen LogP contribution in [0.2, 0.25) is 0 Å². The highest BCUT2D eigenvalue weighted by atomic mass is 32.2. The Morgan fingerprint density at radius 1 is 1.23 bits per heavy atom. The average Bonchev–Trinajstić information content (AvgIpc) is 2.48. The van der Waals surface area contributed by atoms with Gasteiger partial charge in [-0.05, 0) is 31.7 Å². The number of nitrogens with zero attached hydrogens (tertiary/aromatic N) is 2. The summed E-state index contributed by atoms with van der Waals surface area (Å²) in [4.78, 5) is 16.4. The van der Waals surface area contributed by atoms with Crippen LogP contribution >= 0.6 is 0 Å². The molecular weight excluding hydrogens is 302 g/mol. The first-order chi connectivity index (χ1) is 10.4. The van der Waals surface area contributed by atoms with Gasteiger partial charge in [-0.25, -0.2) is 8.42 Å². The minimum Gasteiger partial charge on any atom is -0.340 e. The number of benzene rings is 1. The zero-order valence-corrected chi connectivity index (χ0v) is 13.9. The van der Waals surface area contributed by atoms with Gasteiger partial charge in [0.05, 0.1) is 12.2 Å². The van der Waals surface area contributed by atoms with Crippen molar-refractivity contribution >= 4 is 21.6 Å². The summed E-state index contributed by atoms with van der Waals surface area (Å²) in [5.41, 5.74) is 1.32. The van der Waals surface area contributed by atoms with Gasteiger partial charge in [-0.3, -0.25) is 9.52 Å². The Balaban J connectivity index is 1.99. The molecule has 22 heavy (non-hydrogen) atoms. The lowest BCUT2D eigenvalue weighted by molar-refractivity contribution is -0.132. The van der Waals surface area contributed by atoms with E-state index in [9.17, 15) is 13.2 Å². The standard InChI is InChI=1S/C15H23N3O3S/c1-3-22(20,21)16-14-6-4-5-13(11-14)12-15(19)18-9-7-17(2)8-10-18/h4-6,11,16H,3,7-10,12H2,1-2H3. The lowest BCUT2D eigenvalue weighted by atomic mass is 10.1. The maximum atomic E-state index is 12.3. The van der Waals surface area contributed by atoms with Crippen molar-refractivity contribution in [2.24, 2.45) is 0 Å². The summed E-state index contributed by atoms with van der Waals surface area (Å²) in [6.07, 6.45) is 0.297. The Kier molecular flexibility index (Phi) is 5.42. The third-order valence-corrected chi connectivity index (χ3v) is 5.10. The van der Waals surface area contributed by atoms with E-state index in [0.29, 0.717) is 12.1 Å². The third kappa shape index (κ3) is 4.71. The van der Waals surface area contributed by atoms with Gasteiger partial charge in [0, 0.05) is 31.9 Å².